The normalized spacial score (nSPS) is 19.9. The Labute approximate surface area is 380 Å². The minimum atomic E-state index is -3.87. The smallest absolute Gasteiger partial charge is 0.413 e. The third-order valence-corrected chi connectivity index (χ3v) is 12.2. The Morgan fingerprint density at radius 2 is 1.73 bits per heavy atom. The molecule has 2 amide bonds. The lowest BCUT2D eigenvalue weighted by Crippen LogP contribution is -2.49. The number of benzene rings is 2. The fraction of sp³-hybridized carbons (Fsp3) is 0.432. The van der Waals surface area contributed by atoms with Gasteiger partial charge in [-0.25, -0.2) is 35.8 Å². The molecule has 22 heteroatoms. The minimum Gasteiger partial charge on any atom is -0.444 e. The lowest BCUT2D eigenvalue weighted by Gasteiger charge is -2.33. The summed E-state index contributed by atoms with van der Waals surface area (Å²) in [6.07, 6.45) is -3.33. The average molecular weight is 961 g/mol. The van der Waals surface area contributed by atoms with Gasteiger partial charge in [0.25, 0.3) is 12.3 Å². The molecule has 2 N–H and O–H groups in total. The molecule has 0 spiro atoms. The van der Waals surface area contributed by atoms with Crippen molar-refractivity contribution in [3.8, 4) is 23.0 Å². The zero-order valence-electron chi connectivity index (χ0n) is 36.4. The molecule has 350 valence electrons. The van der Waals surface area contributed by atoms with Crippen LogP contribution < -0.4 is 10.0 Å². The second kappa shape index (κ2) is 16.5. The second-order valence-corrected chi connectivity index (χ2v) is 20.1. The summed E-state index contributed by atoms with van der Waals surface area (Å²) in [6, 6.07) is 6.60. The molecule has 4 atom stereocenters. The van der Waals surface area contributed by atoms with Crippen LogP contribution in [0, 0.1) is 29.4 Å². The molecule has 2 aromatic carbocycles. The third-order valence-electron chi connectivity index (χ3n) is 11.4. The van der Waals surface area contributed by atoms with Crippen molar-refractivity contribution in [3.05, 3.63) is 93.0 Å². The molecule has 8 rings (SSSR count). The van der Waals surface area contributed by atoms with Crippen LogP contribution in [0.25, 0.3) is 22.0 Å². The van der Waals surface area contributed by atoms with Gasteiger partial charge < -0.3 is 14.8 Å². The van der Waals surface area contributed by atoms with E-state index in [1.165, 1.54) is 28.8 Å². The van der Waals surface area contributed by atoms with Gasteiger partial charge in [0.15, 0.2) is 5.82 Å². The van der Waals surface area contributed by atoms with Gasteiger partial charge in [-0.2, -0.15) is 19.0 Å². The molecule has 5 aromatic rings. The summed E-state index contributed by atoms with van der Waals surface area (Å²) in [5.41, 5.74) is -2.92. The molecule has 1 unspecified atom stereocenters. The Morgan fingerprint density at radius 1 is 1.05 bits per heavy atom. The van der Waals surface area contributed by atoms with Crippen LogP contribution in [0.1, 0.15) is 93.3 Å². The zero-order valence-corrected chi connectivity index (χ0v) is 38.0. The summed E-state index contributed by atoms with van der Waals surface area (Å²) in [5.74, 6) is -2.59. The number of hydrogen-bond donors (Lipinski definition) is 2. The Bertz CT molecular complexity index is 2980. The van der Waals surface area contributed by atoms with E-state index in [-0.39, 0.29) is 69.3 Å². The molecule has 66 heavy (non-hydrogen) atoms. The van der Waals surface area contributed by atoms with Gasteiger partial charge in [0.1, 0.15) is 52.6 Å². The number of carbonyl (C=O) groups is 2. The first-order chi connectivity index (χ1) is 30.7. The number of nitrogens with one attached hydrogen (secondary N) is 2. The summed E-state index contributed by atoms with van der Waals surface area (Å²) >= 11 is 6.65. The van der Waals surface area contributed by atoms with Crippen LogP contribution in [0.15, 0.2) is 42.5 Å². The number of alkyl halides is 4. The Kier molecular flexibility index (Phi) is 11.7. The number of ether oxygens (including phenoxy) is 2. The van der Waals surface area contributed by atoms with E-state index in [0.717, 1.165) is 18.4 Å². The summed E-state index contributed by atoms with van der Waals surface area (Å²) in [7, 11) is -2.35. The molecule has 0 radical (unpaired) electrons. The third kappa shape index (κ3) is 9.01. The molecule has 1 saturated heterocycles. The maximum absolute atomic E-state index is 15.6. The number of nitrogens with zero attached hydrogens (tertiary/aromatic N) is 6. The van der Waals surface area contributed by atoms with Crippen LogP contribution in [-0.2, 0) is 50.2 Å². The molecule has 4 heterocycles. The first-order valence-electron chi connectivity index (χ1n) is 20.6. The van der Waals surface area contributed by atoms with Crippen LogP contribution in [0.3, 0.4) is 0 Å². The standard InChI is InChI=1S/C44H43ClF6N8O6S/c1-42(2,3)65-41(61)59-25(20-64-43(59,4)5)10-8-24-9-11-26(27-12-13-30(45)34-37(27)57(6)55-40(34)56-66(7,62)63)35(52-24)31(16-21-14-22(46)17-23(47)15-21)53-32(60)19-58-38-33(36(54-58)39(48)49)28-18-29(28)44(38,50)51/h9,11-15,17,25,28-29,31,39H,16,18-20H2,1-7H3,(H,53,60)(H,55,56)/t25?,28-,29+,31-/m0/s1. The van der Waals surface area contributed by atoms with Crippen molar-refractivity contribution in [3.63, 3.8) is 0 Å². The number of sulfonamides is 1. The van der Waals surface area contributed by atoms with E-state index in [9.17, 15) is 35.6 Å². The van der Waals surface area contributed by atoms with Gasteiger partial charge >= 0.3 is 6.09 Å². The molecular formula is C44H43ClF6N8O6S. The monoisotopic (exact) mass is 960 g/mol. The molecular weight excluding hydrogens is 918 g/mol. The van der Waals surface area contributed by atoms with Gasteiger partial charge in [-0.1, -0.05) is 23.6 Å². The van der Waals surface area contributed by atoms with E-state index in [0.29, 0.717) is 16.3 Å². The minimum absolute atomic E-state index is 0.000183. The largest absolute Gasteiger partial charge is 0.444 e. The zero-order chi connectivity index (χ0) is 48.0. The van der Waals surface area contributed by atoms with E-state index in [2.05, 4.69) is 32.1 Å². The van der Waals surface area contributed by atoms with Crippen molar-refractivity contribution in [1.29, 1.82) is 0 Å². The molecule has 14 nitrogen and oxygen atoms in total. The Hall–Kier alpha value is -5.85. The molecule has 2 fully saturated rings. The van der Waals surface area contributed by atoms with Crippen LogP contribution in [0.2, 0.25) is 5.02 Å². The molecule has 2 aliphatic carbocycles. The van der Waals surface area contributed by atoms with Crippen LogP contribution in [0.4, 0.5) is 37.0 Å². The number of hydrogen-bond acceptors (Lipinski definition) is 9. The van der Waals surface area contributed by atoms with E-state index in [1.807, 2.05) is 0 Å². The van der Waals surface area contributed by atoms with Crippen molar-refractivity contribution in [2.75, 3.05) is 17.6 Å². The van der Waals surface area contributed by atoms with Crippen LogP contribution >= 0.6 is 11.6 Å². The topological polar surface area (TPSA) is 163 Å². The lowest BCUT2D eigenvalue weighted by molar-refractivity contribution is -0.123. The number of amides is 2. The Morgan fingerprint density at radius 3 is 2.38 bits per heavy atom. The van der Waals surface area contributed by atoms with Crippen molar-refractivity contribution in [2.24, 2.45) is 13.0 Å². The highest BCUT2D eigenvalue weighted by atomic mass is 35.5. The van der Waals surface area contributed by atoms with Crippen molar-refractivity contribution >= 4 is 50.3 Å². The van der Waals surface area contributed by atoms with Crippen LogP contribution in [-0.4, -0.2) is 80.1 Å². The van der Waals surface area contributed by atoms with Crippen molar-refractivity contribution < 1.29 is 53.8 Å². The number of pyridine rings is 1. The van der Waals surface area contributed by atoms with Crippen molar-refractivity contribution in [2.45, 2.75) is 95.7 Å². The quantitative estimate of drug-likeness (QED) is 0.104. The number of anilines is 1. The molecule has 1 aliphatic heterocycles. The number of aromatic nitrogens is 5. The Balaban J connectivity index is 1.27. The molecule has 3 aliphatic rings. The summed E-state index contributed by atoms with van der Waals surface area (Å²) in [4.78, 5) is 33.8. The van der Waals surface area contributed by atoms with Gasteiger partial charge in [0.05, 0.1) is 40.5 Å². The van der Waals surface area contributed by atoms with Crippen molar-refractivity contribution in [1.82, 2.24) is 34.8 Å². The van der Waals surface area contributed by atoms with Gasteiger partial charge in [0, 0.05) is 35.7 Å². The predicted octanol–water partition coefficient (Wildman–Crippen LogP) is 8.11. The van der Waals surface area contributed by atoms with Gasteiger partial charge in [-0.05, 0) is 95.2 Å². The van der Waals surface area contributed by atoms with Crippen LogP contribution in [0.5, 0.6) is 0 Å². The molecule has 0 bridgehead atoms. The highest BCUT2D eigenvalue weighted by Gasteiger charge is 2.67. The maximum atomic E-state index is 15.6. The summed E-state index contributed by atoms with van der Waals surface area (Å²) < 4.78 is 130. The highest BCUT2D eigenvalue weighted by Crippen LogP contribution is 2.68. The fourth-order valence-corrected chi connectivity index (χ4v) is 9.47. The molecule has 3 aromatic heterocycles. The first-order valence-corrected chi connectivity index (χ1v) is 22.8. The fourth-order valence-electron chi connectivity index (χ4n) is 8.74. The van der Waals surface area contributed by atoms with E-state index < -0.39 is 99.2 Å². The molecule has 1 saturated carbocycles. The highest BCUT2D eigenvalue weighted by molar-refractivity contribution is 7.92. The number of rotatable bonds is 10. The lowest BCUT2D eigenvalue weighted by atomic mass is 9.93. The van der Waals surface area contributed by atoms with Gasteiger partial charge in [-0.3, -0.25) is 23.8 Å². The number of fused-ring (bicyclic) bond motifs is 4. The van der Waals surface area contributed by atoms with E-state index in [4.69, 9.17) is 26.1 Å². The van der Waals surface area contributed by atoms with E-state index >= 15 is 8.78 Å². The maximum Gasteiger partial charge on any atom is 0.413 e. The summed E-state index contributed by atoms with van der Waals surface area (Å²) in [6.45, 7) is 7.51. The first kappa shape index (κ1) is 46.7. The average Bonchev–Trinajstić information content (AvgIpc) is 3.57. The second-order valence-electron chi connectivity index (χ2n) is 18.0. The number of aryl methyl sites for hydroxylation is 1. The number of carbonyl (C=O) groups excluding carboxylic acids is 2. The number of halogens is 7. The predicted molar refractivity (Wildman–Crippen MR) is 229 cm³/mol. The van der Waals surface area contributed by atoms with Gasteiger partial charge in [-0.15, -0.1) is 0 Å². The van der Waals surface area contributed by atoms with Gasteiger partial charge in [0.2, 0.25) is 15.9 Å². The SMILES string of the molecule is Cn1nc(NS(C)(=O)=O)c2c(Cl)ccc(-c3ccc(C#CC4COC(C)(C)N4C(=O)OC(C)(C)C)nc3[C@H](Cc3cc(F)cc(F)c3)NC(=O)Cn3nc(C(F)F)c4c3C(F)(F)[C@@H]3C[C@H]43)c21. The van der Waals surface area contributed by atoms with E-state index in [1.54, 1.807) is 46.8 Å². The summed E-state index contributed by atoms with van der Waals surface area (Å²) in [5, 5.41) is 11.1.